The largest absolute Gasteiger partial charge is 0.482 e. The van der Waals surface area contributed by atoms with E-state index in [4.69, 9.17) is 27.9 Å². The quantitative estimate of drug-likeness (QED) is 0.567. The topological polar surface area (TPSA) is 79.8 Å². The van der Waals surface area contributed by atoms with Crippen molar-refractivity contribution < 1.29 is 14.3 Å². The first-order valence-electron chi connectivity index (χ1n) is 6.74. The number of hydrazone groups is 1. The second-order valence-corrected chi connectivity index (χ2v) is 6.27. The van der Waals surface area contributed by atoms with E-state index in [0.717, 1.165) is 4.88 Å². The third-order valence-corrected chi connectivity index (χ3v) is 3.96. The number of amides is 2. The summed E-state index contributed by atoms with van der Waals surface area (Å²) in [6.07, 6.45) is 1.52. The summed E-state index contributed by atoms with van der Waals surface area (Å²) < 4.78 is 5.25. The van der Waals surface area contributed by atoms with Crippen LogP contribution < -0.4 is 15.5 Å². The Morgan fingerprint density at radius 3 is 2.79 bits per heavy atom. The molecule has 0 atom stereocenters. The van der Waals surface area contributed by atoms with Crippen molar-refractivity contribution in [2.75, 3.05) is 13.2 Å². The SMILES string of the molecule is O=C(COc1ccc(Cl)cc1Cl)NCC(=O)N/N=C\c1cccs1. The van der Waals surface area contributed by atoms with Gasteiger partial charge in [-0.3, -0.25) is 9.59 Å². The average molecular weight is 386 g/mol. The van der Waals surface area contributed by atoms with E-state index < -0.39 is 11.8 Å². The van der Waals surface area contributed by atoms with Gasteiger partial charge in [0.1, 0.15) is 5.75 Å². The molecule has 126 valence electrons. The molecule has 2 aromatic rings. The lowest BCUT2D eigenvalue weighted by atomic mass is 10.3. The van der Waals surface area contributed by atoms with Gasteiger partial charge in [0, 0.05) is 9.90 Å². The molecule has 0 aliphatic rings. The van der Waals surface area contributed by atoms with Crippen molar-refractivity contribution >= 4 is 52.6 Å². The average Bonchev–Trinajstić information content (AvgIpc) is 3.05. The van der Waals surface area contributed by atoms with Crippen LogP contribution in [0.2, 0.25) is 10.0 Å². The number of nitrogens with zero attached hydrogens (tertiary/aromatic N) is 1. The normalized spacial score (nSPS) is 10.6. The number of nitrogens with one attached hydrogen (secondary N) is 2. The third-order valence-electron chi connectivity index (χ3n) is 2.62. The van der Waals surface area contributed by atoms with E-state index in [2.05, 4.69) is 15.8 Å². The molecule has 1 aromatic carbocycles. The molecule has 2 N–H and O–H groups in total. The highest BCUT2D eigenvalue weighted by molar-refractivity contribution is 7.11. The Bertz CT molecular complexity index is 736. The Morgan fingerprint density at radius 2 is 2.08 bits per heavy atom. The molecular weight excluding hydrogens is 373 g/mol. The minimum atomic E-state index is -0.460. The van der Waals surface area contributed by atoms with Gasteiger partial charge in [-0.15, -0.1) is 11.3 Å². The summed E-state index contributed by atoms with van der Waals surface area (Å²) in [6.45, 7) is -0.481. The molecule has 0 unspecified atom stereocenters. The second kappa shape index (κ2) is 9.27. The van der Waals surface area contributed by atoms with Gasteiger partial charge in [-0.2, -0.15) is 5.10 Å². The first kappa shape index (κ1) is 18.3. The van der Waals surface area contributed by atoms with Gasteiger partial charge in [0.15, 0.2) is 6.61 Å². The molecule has 0 bridgehead atoms. The van der Waals surface area contributed by atoms with Crippen LogP contribution >= 0.6 is 34.5 Å². The number of halogens is 2. The van der Waals surface area contributed by atoms with Gasteiger partial charge < -0.3 is 10.1 Å². The van der Waals surface area contributed by atoms with Gasteiger partial charge in [0.2, 0.25) is 0 Å². The standard InChI is InChI=1S/C15H13Cl2N3O3S/c16-10-3-4-13(12(17)6-10)23-9-15(22)18-8-14(21)20-19-7-11-2-1-5-24-11/h1-7H,8-9H2,(H,18,22)(H,20,21)/b19-7-. The highest BCUT2D eigenvalue weighted by Crippen LogP contribution is 2.27. The zero-order chi connectivity index (χ0) is 17.4. The van der Waals surface area contributed by atoms with Crippen LogP contribution in [-0.2, 0) is 9.59 Å². The molecule has 0 saturated heterocycles. The molecule has 24 heavy (non-hydrogen) atoms. The summed E-state index contributed by atoms with van der Waals surface area (Å²) >= 11 is 13.2. The van der Waals surface area contributed by atoms with E-state index >= 15 is 0 Å². The minimum Gasteiger partial charge on any atom is -0.482 e. The molecule has 9 heteroatoms. The fraction of sp³-hybridized carbons (Fsp3) is 0.133. The van der Waals surface area contributed by atoms with E-state index in [-0.39, 0.29) is 13.2 Å². The van der Waals surface area contributed by atoms with E-state index in [1.165, 1.54) is 23.6 Å². The van der Waals surface area contributed by atoms with Crippen molar-refractivity contribution in [3.63, 3.8) is 0 Å². The zero-order valence-electron chi connectivity index (χ0n) is 12.3. The van der Waals surface area contributed by atoms with Gasteiger partial charge in [0.25, 0.3) is 11.8 Å². The number of carbonyl (C=O) groups excluding carboxylic acids is 2. The first-order valence-corrected chi connectivity index (χ1v) is 8.38. The molecule has 1 aromatic heterocycles. The highest BCUT2D eigenvalue weighted by Gasteiger charge is 2.08. The second-order valence-electron chi connectivity index (χ2n) is 4.45. The molecule has 0 aliphatic heterocycles. The zero-order valence-corrected chi connectivity index (χ0v) is 14.6. The van der Waals surface area contributed by atoms with Crippen molar-refractivity contribution in [3.05, 3.63) is 50.6 Å². The maximum absolute atomic E-state index is 11.6. The van der Waals surface area contributed by atoms with Crippen molar-refractivity contribution in [1.29, 1.82) is 0 Å². The number of carbonyl (C=O) groups is 2. The van der Waals surface area contributed by atoms with Crippen LogP contribution in [0.4, 0.5) is 0 Å². The maximum atomic E-state index is 11.6. The lowest BCUT2D eigenvalue weighted by molar-refractivity contribution is -0.127. The van der Waals surface area contributed by atoms with E-state index in [9.17, 15) is 9.59 Å². The summed E-state index contributed by atoms with van der Waals surface area (Å²) in [6, 6.07) is 8.40. The monoisotopic (exact) mass is 385 g/mol. The molecule has 0 aliphatic carbocycles. The molecule has 1 heterocycles. The molecule has 2 rings (SSSR count). The Kier molecular flexibility index (Phi) is 7.05. The number of benzene rings is 1. The Hall–Kier alpha value is -2.09. The Labute approximate surface area is 152 Å². The predicted molar refractivity (Wildman–Crippen MR) is 95.0 cm³/mol. The van der Waals surface area contributed by atoms with Crippen molar-refractivity contribution in [2.45, 2.75) is 0 Å². The molecule has 0 fully saturated rings. The molecule has 0 spiro atoms. The third kappa shape index (κ3) is 6.19. The summed E-state index contributed by atoms with van der Waals surface area (Å²) in [5, 5.41) is 8.86. The maximum Gasteiger partial charge on any atom is 0.259 e. The Morgan fingerprint density at radius 1 is 1.25 bits per heavy atom. The van der Waals surface area contributed by atoms with Gasteiger partial charge >= 0.3 is 0 Å². The van der Waals surface area contributed by atoms with Gasteiger partial charge in [-0.1, -0.05) is 29.3 Å². The fourth-order valence-electron chi connectivity index (χ4n) is 1.54. The first-order chi connectivity index (χ1) is 11.5. The summed E-state index contributed by atoms with van der Waals surface area (Å²) in [5.74, 6) is -0.569. The van der Waals surface area contributed by atoms with E-state index in [1.54, 1.807) is 12.1 Å². The van der Waals surface area contributed by atoms with Crippen molar-refractivity contribution in [3.8, 4) is 5.75 Å². The molecule has 2 amide bonds. The number of thiophene rings is 1. The minimum absolute atomic E-state index is 0.210. The van der Waals surface area contributed by atoms with E-state index in [1.807, 2.05) is 17.5 Å². The lowest BCUT2D eigenvalue weighted by Crippen LogP contribution is -2.37. The number of ether oxygens (including phenoxy) is 1. The predicted octanol–water partition coefficient (Wildman–Crippen LogP) is 2.70. The van der Waals surface area contributed by atoms with Crippen molar-refractivity contribution in [2.24, 2.45) is 5.10 Å². The van der Waals surface area contributed by atoms with Crippen molar-refractivity contribution in [1.82, 2.24) is 10.7 Å². The highest BCUT2D eigenvalue weighted by atomic mass is 35.5. The lowest BCUT2D eigenvalue weighted by Gasteiger charge is -2.08. The van der Waals surface area contributed by atoms with Crippen LogP contribution in [0, 0.1) is 0 Å². The molecule has 0 saturated carbocycles. The Balaban J connectivity index is 1.68. The van der Waals surface area contributed by atoms with Crippen LogP contribution in [0.3, 0.4) is 0 Å². The molecular formula is C15H13Cl2N3O3S. The van der Waals surface area contributed by atoms with Crippen LogP contribution in [0.25, 0.3) is 0 Å². The summed E-state index contributed by atoms with van der Waals surface area (Å²) in [4.78, 5) is 24.1. The molecule has 6 nitrogen and oxygen atoms in total. The smallest absolute Gasteiger partial charge is 0.259 e. The fourth-order valence-corrected chi connectivity index (χ4v) is 2.59. The number of hydrogen-bond acceptors (Lipinski definition) is 5. The van der Waals surface area contributed by atoms with Crippen LogP contribution in [-0.4, -0.2) is 31.2 Å². The summed E-state index contributed by atoms with van der Waals surface area (Å²) in [5.41, 5.74) is 2.31. The van der Waals surface area contributed by atoms with Crippen LogP contribution in [0.15, 0.2) is 40.8 Å². The van der Waals surface area contributed by atoms with E-state index in [0.29, 0.717) is 15.8 Å². The summed E-state index contributed by atoms with van der Waals surface area (Å²) in [7, 11) is 0. The molecule has 0 radical (unpaired) electrons. The van der Waals surface area contributed by atoms with Gasteiger partial charge in [-0.25, -0.2) is 5.43 Å². The van der Waals surface area contributed by atoms with Crippen LogP contribution in [0.1, 0.15) is 4.88 Å². The van der Waals surface area contributed by atoms with Gasteiger partial charge in [0.05, 0.1) is 17.8 Å². The number of rotatable bonds is 7. The van der Waals surface area contributed by atoms with Gasteiger partial charge in [-0.05, 0) is 29.6 Å². The number of hydrogen-bond donors (Lipinski definition) is 2. The van der Waals surface area contributed by atoms with Crippen LogP contribution in [0.5, 0.6) is 5.75 Å².